The fourth-order valence-corrected chi connectivity index (χ4v) is 2.14. The van der Waals surface area contributed by atoms with Crippen LogP contribution in [-0.4, -0.2) is 28.4 Å². The normalized spacial score (nSPS) is 12.4. The lowest BCUT2D eigenvalue weighted by Crippen LogP contribution is -2.19. The quantitative estimate of drug-likeness (QED) is 0.851. The molecule has 0 fully saturated rings. The lowest BCUT2D eigenvalue weighted by Gasteiger charge is -2.21. The number of ether oxygens (including phenoxy) is 1. The van der Waals surface area contributed by atoms with Crippen molar-refractivity contribution < 1.29 is 9.84 Å². The Morgan fingerprint density at radius 3 is 2.85 bits per heavy atom. The fraction of sp³-hybridized carbons (Fsp3) is 0.400. The lowest BCUT2D eigenvalue weighted by molar-refractivity contribution is 0.270. The van der Waals surface area contributed by atoms with E-state index in [-0.39, 0.29) is 12.6 Å². The second kappa shape index (κ2) is 6.43. The molecule has 2 aromatic rings. The molecule has 1 unspecified atom stereocenters. The number of anilines is 1. The van der Waals surface area contributed by atoms with Crippen LogP contribution in [0.3, 0.4) is 0 Å². The van der Waals surface area contributed by atoms with Gasteiger partial charge in [-0.15, -0.1) is 0 Å². The highest BCUT2D eigenvalue weighted by molar-refractivity contribution is 5.49. The number of hydrogen-bond donors (Lipinski definition) is 2. The minimum absolute atomic E-state index is 0.00434. The molecule has 108 valence electrons. The van der Waals surface area contributed by atoms with Gasteiger partial charge in [0.2, 0.25) is 0 Å². The Bertz CT molecular complexity index is 552. The summed E-state index contributed by atoms with van der Waals surface area (Å²) in [6.45, 7) is 4.17. The van der Waals surface area contributed by atoms with Gasteiger partial charge in [-0.05, 0) is 26.0 Å². The fourth-order valence-electron chi connectivity index (χ4n) is 2.14. The molecule has 0 bridgehead atoms. The highest BCUT2D eigenvalue weighted by Gasteiger charge is 2.16. The van der Waals surface area contributed by atoms with Crippen LogP contribution in [0.5, 0.6) is 5.75 Å². The van der Waals surface area contributed by atoms with Crippen LogP contribution in [0.15, 0.2) is 36.8 Å². The van der Waals surface area contributed by atoms with Gasteiger partial charge in [0.25, 0.3) is 0 Å². The first kappa shape index (κ1) is 14.4. The van der Waals surface area contributed by atoms with Crippen molar-refractivity contribution in [1.82, 2.24) is 9.55 Å². The van der Waals surface area contributed by atoms with E-state index in [1.54, 1.807) is 19.6 Å². The second-order valence-electron chi connectivity index (χ2n) is 4.93. The first-order chi connectivity index (χ1) is 9.65. The predicted molar refractivity (Wildman–Crippen MR) is 79.1 cm³/mol. The Morgan fingerprint density at radius 1 is 1.40 bits per heavy atom. The van der Waals surface area contributed by atoms with Gasteiger partial charge < -0.3 is 19.7 Å². The molecule has 1 heterocycles. The monoisotopic (exact) mass is 275 g/mol. The number of hydrogen-bond acceptors (Lipinski definition) is 4. The van der Waals surface area contributed by atoms with Crippen molar-refractivity contribution in [3.05, 3.63) is 42.5 Å². The maximum atomic E-state index is 9.66. The Balaban J connectivity index is 2.22. The molecular formula is C15H21N3O2. The molecule has 1 aromatic heterocycles. The number of benzene rings is 1. The van der Waals surface area contributed by atoms with Crippen molar-refractivity contribution in [2.45, 2.75) is 25.9 Å². The molecule has 0 aliphatic rings. The number of aromatic nitrogens is 2. The number of nitrogens with zero attached hydrogens (tertiary/aromatic N) is 2. The summed E-state index contributed by atoms with van der Waals surface area (Å²) in [5.41, 5.74) is 1.87. The van der Waals surface area contributed by atoms with Crippen LogP contribution in [0.1, 0.15) is 31.6 Å². The zero-order valence-corrected chi connectivity index (χ0v) is 12.1. The SMILES string of the molecule is COc1cccc(NC(CO)c2cncn2C(C)C)c1. The van der Waals surface area contributed by atoms with E-state index in [1.807, 2.05) is 28.8 Å². The maximum absolute atomic E-state index is 9.66. The number of rotatable bonds is 6. The molecule has 0 amide bonds. The molecule has 2 rings (SSSR count). The molecule has 0 aliphatic carbocycles. The molecule has 0 spiro atoms. The largest absolute Gasteiger partial charge is 0.497 e. The maximum Gasteiger partial charge on any atom is 0.120 e. The van der Waals surface area contributed by atoms with Gasteiger partial charge in [0, 0.05) is 17.8 Å². The van der Waals surface area contributed by atoms with E-state index in [1.165, 1.54) is 0 Å². The van der Waals surface area contributed by atoms with Crippen molar-refractivity contribution in [2.75, 3.05) is 19.0 Å². The molecule has 1 atom stereocenters. The lowest BCUT2D eigenvalue weighted by atomic mass is 10.2. The van der Waals surface area contributed by atoms with Crippen LogP contribution in [0.4, 0.5) is 5.69 Å². The number of nitrogens with one attached hydrogen (secondary N) is 1. The summed E-state index contributed by atoms with van der Waals surface area (Å²) in [5.74, 6) is 0.782. The second-order valence-corrected chi connectivity index (χ2v) is 4.93. The van der Waals surface area contributed by atoms with Gasteiger partial charge in [0.05, 0.1) is 38.0 Å². The molecule has 0 aliphatic heterocycles. The summed E-state index contributed by atoms with van der Waals surface area (Å²) in [6, 6.07) is 7.74. The van der Waals surface area contributed by atoms with Gasteiger partial charge in [-0.1, -0.05) is 6.07 Å². The Morgan fingerprint density at radius 2 is 2.20 bits per heavy atom. The van der Waals surface area contributed by atoms with Crippen LogP contribution in [0, 0.1) is 0 Å². The molecule has 2 N–H and O–H groups in total. The van der Waals surface area contributed by atoms with Crippen LogP contribution in [0.2, 0.25) is 0 Å². The molecule has 5 heteroatoms. The van der Waals surface area contributed by atoms with Crippen molar-refractivity contribution in [1.29, 1.82) is 0 Å². The van der Waals surface area contributed by atoms with Gasteiger partial charge in [0.15, 0.2) is 0 Å². The third-order valence-corrected chi connectivity index (χ3v) is 3.20. The van der Waals surface area contributed by atoms with Crippen LogP contribution < -0.4 is 10.1 Å². The van der Waals surface area contributed by atoms with Crippen LogP contribution in [-0.2, 0) is 0 Å². The topological polar surface area (TPSA) is 59.3 Å². The van der Waals surface area contributed by atoms with E-state index in [2.05, 4.69) is 24.1 Å². The number of aliphatic hydroxyl groups is 1. The van der Waals surface area contributed by atoms with Gasteiger partial charge in [-0.3, -0.25) is 0 Å². The molecular weight excluding hydrogens is 254 g/mol. The van der Waals surface area contributed by atoms with E-state index in [0.29, 0.717) is 6.04 Å². The van der Waals surface area contributed by atoms with E-state index in [0.717, 1.165) is 17.1 Å². The van der Waals surface area contributed by atoms with Crippen molar-refractivity contribution in [3.63, 3.8) is 0 Å². The van der Waals surface area contributed by atoms with Crippen LogP contribution >= 0.6 is 0 Å². The first-order valence-electron chi connectivity index (χ1n) is 6.69. The minimum Gasteiger partial charge on any atom is -0.497 e. The highest BCUT2D eigenvalue weighted by Crippen LogP contribution is 2.24. The number of methoxy groups -OCH3 is 1. The third kappa shape index (κ3) is 3.11. The van der Waals surface area contributed by atoms with Crippen molar-refractivity contribution in [2.24, 2.45) is 0 Å². The molecule has 1 aromatic carbocycles. The Hall–Kier alpha value is -2.01. The summed E-state index contributed by atoms with van der Waals surface area (Å²) in [6.07, 6.45) is 3.57. The average molecular weight is 275 g/mol. The van der Waals surface area contributed by atoms with Crippen LogP contribution in [0.25, 0.3) is 0 Å². The minimum atomic E-state index is -0.202. The Labute approximate surface area is 119 Å². The smallest absolute Gasteiger partial charge is 0.120 e. The summed E-state index contributed by atoms with van der Waals surface area (Å²) >= 11 is 0. The van der Waals surface area contributed by atoms with Gasteiger partial charge in [-0.25, -0.2) is 4.98 Å². The van der Waals surface area contributed by atoms with Gasteiger partial charge >= 0.3 is 0 Å². The Kier molecular flexibility index (Phi) is 4.63. The number of imidazole rings is 1. The van der Waals surface area contributed by atoms with Crippen molar-refractivity contribution in [3.8, 4) is 5.75 Å². The molecule has 0 radical (unpaired) electrons. The molecule has 5 nitrogen and oxygen atoms in total. The van der Waals surface area contributed by atoms with E-state index < -0.39 is 0 Å². The predicted octanol–water partition coefficient (Wildman–Crippen LogP) is 2.62. The molecule has 20 heavy (non-hydrogen) atoms. The summed E-state index contributed by atoms with van der Waals surface area (Å²) in [7, 11) is 1.64. The first-order valence-corrected chi connectivity index (χ1v) is 6.69. The zero-order valence-electron chi connectivity index (χ0n) is 12.1. The van der Waals surface area contributed by atoms with Gasteiger partial charge in [-0.2, -0.15) is 0 Å². The summed E-state index contributed by atoms with van der Waals surface area (Å²) in [5, 5.41) is 13.0. The van der Waals surface area contributed by atoms with E-state index in [4.69, 9.17) is 4.74 Å². The van der Waals surface area contributed by atoms with E-state index >= 15 is 0 Å². The third-order valence-electron chi connectivity index (χ3n) is 3.20. The summed E-state index contributed by atoms with van der Waals surface area (Å²) in [4.78, 5) is 4.17. The average Bonchev–Trinajstić information content (AvgIpc) is 2.94. The molecule has 0 saturated heterocycles. The van der Waals surface area contributed by atoms with Crippen molar-refractivity contribution >= 4 is 5.69 Å². The molecule has 0 saturated carbocycles. The standard InChI is InChI=1S/C15H21N3O2/c1-11(2)18-10-16-8-15(18)14(9-19)17-12-5-4-6-13(7-12)20-3/h4-8,10-11,14,17,19H,9H2,1-3H3. The highest BCUT2D eigenvalue weighted by atomic mass is 16.5. The van der Waals surface area contributed by atoms with Gasteiger partial charge in [0.1, 0.15) is 5.75 Å². The zero-order chi connectivity index (χ0) is 14.5. The summed E-state index contributed by atoms with van der Waals surface area (Å²) < 4.78 is 7.25. The van der Waals surface area contributed by atoms with E-state index in [9.17, 15) is 5.11 Å². The number of aliphatic hydroxyl groups excluding tert-OH is 1.